The lowest BCUT2D eigenvalue weighted by Gasteiger charge is -2.27. The minimum absolute atomic E-state index is 0.0684. The Bertz CT molecular complexity index is 887. The predicted molar refractivity (Wildman–Crippen MR) is 103 cm³/mol. The zero-order valence-corrected chi connectivity index (χ0v) is 16.7. The predicted octanol–water partition coefficient (Wildman–Crippen LogP) is 0.298. The van der Waals surface area contributed by atoms with E-state index in [9.17, 15) is 24.0 Å². The van der Waals surface area contributed by atoms with E-state index in [4.69, 9.17) is 14.6 Å². The topological polar surface area (TPSA) is 139 Å². The Morgan fingerprint density at radius 2 is 1.90 bits per heavy atom. The van der Waals surface area contributed by atoms with Crippen molar-refractivity contribution in [3.05, 3.63) is 29.3 Å². The highest BCUT2D eigenvalue weighted by atomic mass is 32.2. The number of hydrogen-bond donors (Lipinski definition) is 2. The van der Waals surface area contributed by atoms with Crippen LogP contribution >= 0.6 is 11.8 Å². The number of rotatable bonds is 10. The van der Waals surface area contributed by atoms with Crippen molar-refractivity contribution in [3.8, 4) is 0 Å². The first-order chi connectivity index (χ1) is 14.4. The molecule has 1 fully saturated rings. The number of carbonyl (C=O) groups is 5. The molecule has 0 aliphatic carbocycles. The van der Waals surface area contributed by atoms with Gasteiger partial charge in [-0.05, 0) is 18.6 Å². The Balaban J connectivity index is 1.58. The number of benzene rings is 1. The molecule has 0 aromatic heterocycles. The van der Waals surface area contributed by atoms with E-state index in [1.807, 2.05) is 0 Å². The molecular weight excluding hydrogens is 416 g/mol. The quantitative estimate of drug-likeness (QED) is 0.301. The van der Waals surface area contributed by atoms with Gasteiger partial charge in [0.15, 0.2) is 0 Å². The van der Waals surface area contributed by atoms with E-state index in [0.717, 1.165) is 4.90 Å². The maximum absolute atomic E-state index is 12.9. The van der Waals surface area contributed by atoms with Crippen LogP contribution in [0.1, 0.15) is 33.6 Å². The number of aliphatic carboxylic acids is 1. The molecule has 0 radical (unpaired) electrons. The number of ether oxygens (including phenoxy) is 2. The number of carboxylic acids is 1. The normalized spacial score (nSPS) is 18.5. The van der Waals surface area contributed by atoms with Crippen molar-refractivity contribution in [2.45, 2.75) is 23.8 Å². The Morgan fingerprint density at radius 1 is 1.13 bits per heavy atom. The van der Waals surface area contributed by atoms with Crippen LogP contribution in [-0.4, -0.2) is 77.8 Å². The highest BCUT2D eigenvalue weighted by molar-refractivity contribution is 7.99. The fourth-order valence-electron chi connectivity index (χ4n) is 3.19. The van der Waals surface area contributed by atoms with Crippen LogP contribution in [0.15, 0.2) is 23.1 Å². The summed E-state index contributed by atoms with van der Waals surface area (Å²) >= 11 is 1.34. The fraction of sp³-hybridized carbons (Fsp3) is 0.421. The molecule has 11 heteroatoms. The molecule has 1 aromatic carbocycles. The first kappa shape index (κ1) is 21.9. The Labute approximate surface area is 175 Å². The standard InChI is InChI=1S/C19H20N2O8S/c22-14-5-4-12(17(25)20-14)21-18(26)11-2-1-3-13(16(11)19(21)27)30-9-8-28-6-7-29-10-15(23)24/h1-3,12H,4-10H2,(H,23,24)(H,20,22,25). The molecule has 2 heterocycles. The van der Waals surface area contributed by atoms with E-state index in [0.29, 0.717) is 17.3 Å². The first-order valence-corrected chi connectivity index (χ1v) is 10.2. The van der Waals surface area contributed by atoms with Gasteiger partial charge >= 0.3 is 5.97 Å². The average Bonchev–Trinajstić information content (AvgIpc) is 2.95. The highest BCUT2D eigenvalue weighted by Crippen LogP contribution is 2.34. The van der Waals surface area contributed by atoms with Gasteiger partial charge in [0.2, 0.25) is 11.8 Å². The first-order valence-electron chi connectivity index (χ1n) is 9.25. The summed E-state index contributed by atoms with van der Waals surface area (Å²) in [6, 6.07) is 3.93. The molecule has 2 aliphatic heterocycles. The van der Waals surface area contributed by atoms with E-state index >= 15 is 0 Å². The Hall–Kier alpha value is -2.76. The van der Waals surface area contributed by atoms with Gasteiger partial charge in [-0.15, -0.1) is 11.8 Å². The SMILES string of the molecule is O=C(O)COCCOCCSc1cccc2c1C(=O)N(C1CCC(=O)NC1=O)C2=O. The van der Waals surface area contributed by atoms with E-state index in [-0.39, 0.29) is 43.8 Å². The van der Waals surface area contributed by atoms with Crippen molar-refractivity contribution in [2.24, 2.45) is 0 Å². The van der Waals surface area contributed by atoms with Crippen LogP contribution in [0, 0.1) is 0 Å². The lowest BCUT2D eigenvalue weighted by atomic mass is 10.0. The molecule has 2 N–H and O–H groups in total. The van der Waals surface area contributed by atoms with Crippen LogP contribution in [0.5, 0.6) is 0 Å². The summed E-state index contributed by atoms with van der Waals surface area (Å²) in [6.07, 6.45) is 0.176. The summed E-state index contributed by atoms with van der Waals surface area (Å²) in [5, 5.41) is 10.6. The number of amides is 4. The molecule has 0 bridgehead atoms. The summed E-state index contributed by atoms with van der Waals surface area (Å²) < 4.78 is 10.2. The molecule has 1 atom stereocenters. The maximum atomic E-state index is 12.9. The van der Waals surface area contributed by atoms with Gasteiger partial charge < -0.3 is 14.6 Å². The van der Waals surface area contributed by atoms with Crippen LogP contribution in [0.3, 0.4) is 0 Å². The summed E-state index contributed by atoms with van der Waals surface area (Å²) in [5.41, 5.74) is 0.486. The van der Waals surface area contributed by atoms with Gasteiger partial charge in [-0.3, -0.25) is 29.4 Å². The lowest BCUT2D eigenvalue weighted by molar-refractivity contribution is -0.142. The number of thioether (sulfide) groups is 1. The number of carbonyl (C=O) groups excluding carboxylic acids is 4. The minimum Gasteiger partial charge on any atom is -0.480 e. The molecular formula is C19H20N2O8S. The molecule has 2 aliphatic rings. The van der Waals surface area contributed by atoms with E-state index < -0.39 is 35.6 Å². The molecule has 1 unspecified atom stereocenters. The molecule has 1 saturated heterocycles. The molecule has 160 valence electrons. The number of nitrogens with zero attached hydrogens (tertiary/aromatic N) is 1. The molecule has 3 rings (SSSR count). The van der Waals surface area contributed by atoms with Gasteiger partial charge in [0.25, 0.3) is 11.8 Å². The summed E-state index contributed by atoms with van der Waals surface area (Å²) in [4.78, 5) is 61.1. The Kier molecular flexibility index (Phi) is 7.19. The van der Waals surface area contributed by atoms with Crippen LogP contribution in [0.4, 0.5) is 0 Å². The molecule has 0 saturated carbocycles. The van der Waals surface area contributed by atoms with Gasteiger partial charge in [-0.1, -0.05) is 6.07 Å². The summed E-state index contributed by atoms with van der Waals surface area (Å²) in [5.74, 6) is -2.70. The highest BCUT2D eigenvalue weighted by Gasteiger charge is 2.45. The third-order valence-electron chi connectivity index (χ3n) is 4.51. The molecule has 4 amide bonds. The number of carboxylic acid groups (broad SMARTS) is 1. The van der Waals surface area contributed by atoms with Gasteiger partial charge in [-0.2, -0.15) is 0 Å². The van der Waals surface area contributed by atoms with Crippen molar-refractivity contribution in [3.63, 3.8) is 0 Å². The fourth-order valence-corrected chi connectivity index (χ4v) is 4.13. The second kappa shape index (κ2) is 9.83. The molecule has 0 spiro atoms. The molecule has 1 aromatic rings. The maximum Gasteiger partial charge on any atom is 0.329 e. The van der Waals surface area contributed by atoms with Crippen molar-refractivity contribution < 1.29 is 38.6 Å². The summed E-state index contributed by atoms with van der Waals surface area (Å²) in [7, 11) is 0. The third kappa shape index (κ3) is 4.86. The smallest absolute Gasteiger partial charge is 0.329 e. The minimum atomic E-state index is -1.05. The van der Waals surface area contributed by atoms with Crippen LogP contribution in [0.2, 0.25) is 0 Å². The van der Waals surface area contributed by atoms with Crippen LogP contribution in [-0.2, 0) is 23.9 Å². The zero-order chi connectivity index (χ0) is 21.7. The zero-order valence-electron chi connectivity index (χ0n) is 15.9. The van der Waals surface area contributed by atoms with Crippen LogP contribution in [0.25, 0.3) is 0 Å². The van der Waals surface area contributed by atoms with E-state index in [1.165, 1.54) is 11.8 Å². The Morgan fingerprint density at radius 3 is 2.63 bits per heavy atom. The average molecular weight is 436 g/mol. The van der Waals surface area contributed by atoms with Gasteiger partial charge in [0.05, 0.1) is 30.9 Å². The third-order valence-corrected chi connectivity index (χ3v) is 5.53. The lowest BCUT2D eigenvalue weighted by Crippen LogP contribution is -2.54. The number of hydrogen-bond acceptors (Lipinski definition) is 8. The van der Waals surface area contributed by atoms with Gasteiger partial charge in [0.1, 0.15) is 12.6 Å². The van der Waals surface area contributed by atoms with Crippen LogP contribution < -0.4 is 5.32 Å². The second-order valence-corrected chi connectivity index (χ2v) is 7.67. The summed E-state index contributed by atoms with van der Waals surface area (Å²) in [6.45, 7) is 0.352. The van der Waals surface area contributed by atoms with Gasteiger partial charge in [-0.25, -0.2) is 4.79 Å². The number of nitrogens with one attached hydrogen (secondary N) is 1. The monoisotopic (exact) mass is 436 g/mol. The number of fused-ring (bicyclic) bond motifs is 1. The second-order valence-electron chi connectivity index (χ2n) is 6.53. The van der Waals surface area contributed by atoms with E-state index in [2.05, 4.69) is 5.32 Å². The molecule has 30 heavy (non-hydrogen) atoms. The van der Waals surface area contributed by atoms with Crippen molar-refractivity contribution >= 4 is 41.4 Å². The van der Waals surface area contributed by atoms with Crippen molar-refractivity contribution in [2.75, 3.05) is 32.2 Å². The molecule has 10 nitrogen and oxygen atoms in total. The van der Waals surface area contributed by atoms with Crippen molar-refractivity contribution in [1.82, 2.24) is 10.2 Å². The van der Waals surface area contributed by atoms with E-state index in [1.54, 1.807) is 18.2 Å². The number of piperidine rings is 1. The number of imide groups is 2. The van der Waals surface area contributed by atoms with Gasteiger partial charge in [0, 0.05) is 17.1 Å². The van der Waals surface area contributed by atoms with Crippen molar-refractivity contribution in [1.29, 1.82) is 0 Å². The largest absolute Gasteiger partial charge is 0.480 e.